The van der Waals surface area contributed by atoms with Crippen molar-refractivity contribution in [3.63, 3.8) is 0 Å². The van der Waals surface area contributed by atoms with Crippen LogP contribution >= 0.6 is 23.4 Å². The van der Waals surface area contributed by atoms with Crippen molar-refractivity contribution in [3.8, 4) is 11.3 Å². The molecule has 2 aromatic heterocycles. The summed E-state index contributed by atoms with van der Waals surface area (Å²) in [5.41, 5.74) is 1.73. The highest BCUT2D eigenvalue weighted by molar-refractivity contribution is 7.99. The van der Waals surface area contributed by atoms with Gasteiger partial charge in [-0.2, -0.15) is 0 Å². The van der Waals surface area contributed by atoms with Crippen LogP contribution in [0.2, 0.25) is 5.02 Å². The number of hydrogen-bond donors (Lipinski definition) is 1. The zero-order valence-corrected chi connectivity index (χ0v) is 17.7. The number of oxazole rings is 1. The number of halogens is 1. The Kier molecular flexibility index (Phi) is 6.28. The smallest absolute Gasteiger partial charge is 0.199 e. The molecule has 1 aliphatic heterocycles. The maximum Gasteiger partial charge on any atom is 0.199 e. The van der Waals surface area contributed by atoms with Crippen LogP contribution in [-0.4, -0.2) is 33.9 Å². The minimum atomic E-state index is -1.01. The zero-order chi connectivity index (χ0) is 19.5. The van der Waals surface area contributed by atoms with Crippen LogP contribution in [-0.2, 0) is 11.2 Å². The van der Waals surface area contributed by atoms with Crippen molar-refractivity contribution >= 4 is 34.5 Å². The Labute approximate surface area is 176 Å². The highest BCUT2D eigenvalue weighted by atomic mass is 35.5. The van der Waals surface area contributed by atoms with Gasteiger partial charge < -0.3 is 14.3 Å². The molecule has 1 aliphatic rings. The normalized spacial score (nSPS) is 16.2. The van der Waals surface area contributed by atoms with Gasteiger partial charge in [-0.15, -0.1) is 0 Å². The first-order chi connectivity index (χ1) is 13.6. The lowest BCUT2D eigenvalue weighted by Crippen LogP contribution is -2.26. The van der Waals surface area contributed by atoms with Crippen LogP contribution in [0.25, 0.3) is 11.3 Å². The van der Waals surface area contributed by atoms with Crippen molar-refractivity contribution in [3.05, 3.63) is 53.5 Å². The highest BCUT2D eigenvalue weighted by Crippen LogP contribution is 2.39. The van der Waals surface area contributed by atoms with E-state index in [9.17, 15) is 4.55 Å². The summed E-state index contributed by atoms with van der Waals surface area (Å²) >= 11 is 6.38. The van der Waals surface area contributed by atoms with E-state index in [0.29, 0.717) is 16.0 Å². The van der Waals surface area contributed by atoms with Gasteiger partial charge in [0.2, 0.25) is 0 Å². The van der Waals surface area contributed by atoms with Crippen molar-refractivity contribution in [2.75, 3.05) is 19.3 Å². The first-order valence-corrected chi connectivity index (χ1v) is 11.8. The summed E-state index contributed by atoms with van der Waals surface area (Å²) in [6, 6.07) is 11.3. The fourth-order valence-corrected chi connectivity index (χ4v) is 4.59. The molecule has 0 saturated carbocycles. The second-order valence-corrected chi connectivity index (χ2v) is 9.42. The maximum atomic E-state index is 11.7. The summed E-state index contributed by atoms with van der Waals surface area (Å²) in [5.74, 6) is 1.09. The second-order valence-electron chi connectivity index (χ2n) is 6.61. The molecule has 1 unspecified atom stereocenters. The van der Waals surface area contributed by atoms with Gasteiger partial charge in [-0.3, -0.25) is 0 Å². The summed E-state index contributed by atoms with van der Waals surface area (Å²) in [4.78, 5) is 10.00. The molecular formula is C20H20ClN3O2S2. The van der Waals surface area contributed by atoms with Gasteiger partial charge in [-0.1, -0.05) is 11.6 Å². The van der Waals surface area contributed by atoms with Gasteiger partial charge in [0.1, 0.15) is 17.0 Å². The van der Waals surface area contributed by atoms with Crippen LogP contribution in [0.5, 0.6) is 0 Å². The number of pyridine rings is 1. The quantitative estimate of drug-likeness (QED) is 0.585. The molecule has 1 fully saturated rings. The summed E-state index contributed by atoms with van der Waals surface area (Å²) in [7, 11) is 0. The number of rotatable bonds is 5. The van der Waals surface area contributed by atoms with E-state index in [0.717, 1.165) is 53.0 Å². The molecule has 1 N–H and O–H groups in total. The fraction of sp³-hybridized carbons (Fsp3) is 0.300. The third-order valence-corrected chi connectivity index (χ3v) is 6.73. The average molecular weight is 434 g/mol. The van der Waals surface area contributed by atoms with Gasteiger partial charge in [0.15, 0.2) is 15.9 Å². The molecule has 0 radical (unpaired) electrons. The Morgan fingerprint density at radius 2 is 1.93 bits per heavy atom. The third-order valence-electron chi connectivity index (χ3n) is 4.66. The molecule has 3 heterocycles. The van der Waals surface area contributed by atoms with Crippen molar-refractivity contribution in [2.24, 2.45) is 0 Å². The van der Waals surface area contributed by atoms with Crippen LogP contribution in [0.3, 0.4) is 0 Å². The fourth-order valence-electron chi connectivity index (χ4n) is 3.14. The minimum Gasteiger partial charge on any atom is -0.612 e. The Morgan fingerprint density at radius 3 is 2.57 bits per heavy atom. The number of piperidine rings is 1. The first-order valence-electron chi connectivity index (χ1n) is 9.05. The van der Waals surface area contributed by atoms with E-state index in [-0.39, 0.29) is 0 Å². The molecule has 3 aromatic rings. The molecule has 4 rings (SSSR count). The zero-order valence-electron chi connectivity index (χ0n) is 15.4. The van der Waals surface area contributed by atoms with Gasteiger partial charge >= 0.3 is 0 Å². The Hall–Kier alpha value is -1.51. The van der Waals surface area contributed by atoms with Crippen LogP contribution in [0.4, 0.5) is 0 Å². The van der Waals surface area contributed by atoms with E-state index >= 15 is 0 Å². The molecular weight excluding hydrogens is 414 g/mol. The van der Waals surface area contributed by atoms with Crippen LogP contribution in [0.15, 0.2) is 62.0 Å². The average Bonchev–Trinajstić information content (AvgIpc) is 3.14. The molecule has 0 spiro atoms. The predicted molar refractivity (Wildman–Crippen MR) is 112 cm³/mol. The molecule has 1 aromatic carbocycles. The monoisotopic (exact) mass is 433 g/mol. The second kappa shape index (κ2) is 8.88. The summed E-state index contributed by atoms with van der Waals surface area (Å²) in [6.45, 7) is 1.95. The van der Waals surface area contributed by atoms with Gasteiger partial charge in [0.25, 0.3) is 0 Å². The van der Waals surface area contributed by atoms with Crippen molar-refractivity contribution in [1.82, 2.24) is 15.3 Å². The molecule has 146 valence electrons. The minimum absolute atomic E-state index is 0.315. The van der Waals surface area contributed by atoms with E-state index < -0.39 is 11.2 Å². The van der Waals surface area contributed by atoms with Crippen LogP contribution in [0, 0.1) is 0 Å². The van der Waals surface area contributed by atoms with Crippen molar-refractivity contribution in [2.45, 2.75) is 33.8 Å². The van der Waals surface area contributed by atoms with Crippen molar-refractivity contribution < 1.29 is 8.97 Å². The molecule has 0 bridgehead atoms. The lowest BCUT2D eigenvalue weighted by Gasteiger charge is -2.19. The van der Waals surface area contributed by atoms with E-state index in [1.807, 2.05) is 36.4 Å². The lowest BCUT2D eigenvalue weighted by atomic mass is 9.98. The van der Waals surface area contributed by atoms with Gasteiger partial charge in [0.05, 0.1) is 5.02 Å². The van der Waals surface area contributed by atoms with Crippen molar-refractivity contribution in [1.29, 1.82) is 0 Å². The largest absolute Gasteiger partial charge is 0.612 e. The van der Waals surface area contributed by atoms with Crippen LogP contribution < -0.4 is 5.32 Å². The standard InChI is InChI=1S/C20H20ClN3O2S2/c1-28(25)16-5-2-13(3-6-16)18-20(27-17-7-4-15(21)12-23-17)26-19(24-18)14-8-10-22-11-9-14/h2-7,12,14,22H,8-11H2,1H3. The molecule has 1 saturated heterocycles. The Bertz CT molecular complexity index is 924. The Balaban J connectivity index is 1.69. The Morgan fingerprint density at radius 1 is 1.18 bits per heavy atom. The van der Waals surface area contributed by atoms with Gasteiger partial charge in [0, 0.05) is 17.7 Å². The van der Waals surface area contributed by atoms with Gasteiger partial charge in [-0.05, 0) is 85.3 Å². The number of benzene rings is 1. The predicted octanol–water partition coefficient (Wildman–Crippen LogP) is 4.75. The third kappa shape index (κ3) is 4.55. The molecule has 1 atom stereocenters. The molecule has 0 aliphatic carbocycles. The summed E-state index contributed by atoms with van der Waals surface area (Å²) < 4.78 is 17.9. The van der Waals surface area contributed by atoms with Crippen LogP contribution in [0.1, 0.15) is 24.7 Å². The van der Waals surface area contributed by atoms with E-state index in [1.54, 1.807) is 12.5 Å². The number of nitrogens with one attached hydrogen (secondary N) is 1. The maximum absolute atomic E-state index is 11.7. The lowest BCUT2D eigenvalue weighted by molar-refractivity contribution is 0.345. The van der Waals surface area contributed by atoms with E-state index in [4.69, 9.17) is 21.0 Å². The van der Waals surface area contributed by atoms with E-state index in [2.05, 4.69) is 10.3 Å². The van der Waals surface area contributed by atoms with E-state index in [1.165, 1.54) is 11.8 Å². The molecule has 5 nitrogen and oxygen atoms in total. The number of nitrogens with zero attached hydrogens (tertiary/aromatic N) is 2. The number of hydrogen-bond acceptors (Lipinski definition) is 6. The SMILES string of the molecule is C[S+]([O-])c1ccc(-c2nc(C3CCNCC3)oc2Sc2ccc(Cl)cn2)cc1. The highest BCUT2D eigenvalue weighted by Gasteiger charge is 2.24. The molecule has 8 heteroatoms. The summed E-state index contributed by atoms with van der Waals surface area (Å²) in [6.07, 6.45) is 5.32. The van der Waals surface area contributed by atoms with Gasteiger partial charge in [-0.25, -0.2) is 9.97 Å². The molecule has 28 heavy (non-hydrogen) atoms. The summed E-state index contributed by atoms with van der Waals surface area (Å²) in [5, 5.41) is 5.48. The molecule has 0 amide bonds. The number of aromatic nitrogens is 2. The first kappa shape index (κ1) is 19.8. The topological polar surface area (TPSA) is 74.0 Å².